The van der Waals surface area contributed by atoms with Gasteiger partial charge in [0, 0.05) is 10.6 Å². The molecule has 0 heterocycles. The molecule has 3 nitrogen and oxygen atoms in total. The van der Waals surface area contributed by atoms with Crippen molar-refractivity contribution in [2.45, 2.75) is 9.79 Å². The lowest BCUT2D eigenvalue weighted by molar-refractivity contribution is 0.599. The average Bonchev–Trinajstić information content (AvgIpc) is 2.42. The van der Waals surface area contributed by atoms with Crippen molar-refractivity contribution in [1.29, 1.82) is 0 Å². The molecule has 0 saturated heterocycles. The van der Waals surface area contributed by atoms with Crippen LogP contribution in [-0.4, -0.2) is 14.7 Å². The fourth-order valence-electron chi connectivity index (χ4n) is 1.52. The normalized spacial score (nSPS) is 11.3. The first-order valence-corrected chi connectivity index (χ1v) is 8.63. The van der Waals surface area contributed by atoms with E-state index in [1.807, 2.05) is 6.26 Å². The van der Waals surface area contributed by atoms with Gasteiger partial charge in [0.05, 0.1) is 9.92 Å². The zero-order valence-corrected chi connectivity index (χ0v) is 12.8. The van der Waals surface area contributed by atoms with Crippen LogP contribution in [0.15, 0.2) is 52.3 Å². The Kier molecular flexibility index (Phi) is 4.57. The SMILES string of the molecule is CSc1ccc(NS(=O)(=O)c2ccc(F)c(Cl)c2)cc1. The number of halogens is 2. The largest absolute Gasteiger partial charge is 0.280 e. The van der Waals surface area contributed by atoms with E-state index in [1.165, 1.54) is 6.07 Å². The van der Waals surface area contributed by atoms with Crippen LogP contribution in [0.3, 0.4) is 0 Å². The zero-order chi connectivity index (χ0) is 14.8. The van der Waals surface area contributed by atoms with Crippen molar-refractivity contribution in [2.24, 2.45) is 0 Å². The van der Waals surface area contributed by atoms with Crippen LogP contribution in [-0.2, 0) is 10.0 Å². The fourth-order valence-corrected chi connectivity index (χ4v) is 3.26. The molecule has 2 aromatic rings. The van der Waals surface area contributed by atoms with Crippen molar-refractivity contribution in [3.8, 4) is 0 Å². The van der Waals surface area contributed by atoms with E-state index in [2.05, 4.69) is 4.72 Å². The van der Waals surface area contributed by atoms with Gasteiger partial charge in [0.2, 0.25) is 0 Å². The Morgan fingerprint density at radius 1 is 1.15 bits per heavy atom. The van der Waals surface area contributed by atoms with Gasteiger partial charge in [0.15, 0.2) is 0 Å². The molecule has 0 aliphatic rings. The molecule has 2 aromatic carbocycles. The summed E-state index contributed by atoms with van der Waals surface area (Å²) in [4.78, 5) is 0.940. The molecule has 20 heavy (non-hydrogen) atoms. The van der Waals surface area contributed by atoms with Crippen molar-refractivity contribution in [1.82, 2.24) is 0 Å². The van der Waals surface area contributed by atoms with Crippen molar-refractivity contribution >= 4 is 39.1 Å². The molecule has 0 amide bonds. The predicted molar refractivity (Wildman–Crippen MR) is 80.4 cm³/mol. The lowest BCUT2D eigenvalue weighted by Crippen LogP contribution is -2.13. The molecule has 0 aliphatic heterocycles. The van der Waals surface area contributed by atoms with E-state index in [9.17, 15) is 12.8 Å². The molecule has 106 valence electrons. The number of hydrogen-bond donors (Lipinski definition) is 1. The van der Waals surface area contributed by atoms with Gasteiger partial charge in [-0.05, 0) is 48.7 Å². The first kappa shape index (κ1) is 15.2. The highest BCUT2D eigenvalue weighted by molar-refractivity contribution is 7.98. The molecular formula is C13H11ClFNO2S2. The summed E-state index contributed by atoms with van der Waals surface area (Å²) in [5.74, 6) is -0.657. The number of thioether (sulfide) groups is 1. The van der Waals surface area contributed by atoms with Gasteiger partial charge in [-0.3, -0.25) is 4.72 Å². The van der Waals surface area contributed by atoms with E-state index in [4.69, 9.17) is 11.6 Å². The van der Waals surface area contributed by atoms with Gasteiger partial charge in [0.25, 0.3) is 10.0 Å². The standard InChI is InChI=1S/C13H11ClFNO2S2/c1-19-10-4-2-9(3-5-10)16-20(17,18)11-6-7-13(15)12(14)8-11/h2-8,16H,1H3. The minimum atomic E-state index is -3.78. The third kappa shape index (κ3) is 3.45. The maximum Gasteiger partial charge on any atom is 0.261 e. The van der Waals surface area contributed by atoms with Gasteiger partial charge in [-0.15, -0.1) is 11.8 Å². The van der Waals surface area contributed by atoms with Crippen molar-refractivity contribution in [3.05, 3.63) is 53.3 Å². The van der Waals surface area contributed by atoms with E-state index >= 15 is 0 Å². The molecule has 1 N–H and O–H groups in total. The number of benzene rings is 2. The van der Waals surface area contributed by atoms with Gasteiger partial charge in [-0.1, -0.05) is 11.6 Å². The maximum atomic E-state index is 13.0. The summed E-state index contributed by atoms with van der Waals surface area (Å²) < 4.78 is 39.7. The molecule has 0 saturated carbocycles. The van der Waals surface area contributed by atoms with E-state index in [0.29, 0.717) is 5.69 Å². The van der Waals surface area contributed by atoms with Gasteiger partial charge >= 0.3 is 0 Å². The molecule has 0 aromatic heterocycles. The van der Waals surface area contributed by atoms with Crippen LogP contribution >= 0.6 is 23.4 Å². The average molecular weight is 332 g/mol. The van der Waals surface area contributed by atoms with E-state index < -0.39 is 15.8 Å². The summed E-state index contributed by atoms with van der Waals surface area (Å²) in [6.45, 7) is 0. The van der Waals surface area contributed by atoms with E-state index in [1.54, 1.807) is 36.0 Å². The summed E-state index contributed by atoms with van der Waals surface area (Å²) in [5.41, 5.74) is 0.434. The smallest absolute Gasteiger partial charge is 0.261 e. The van der Waals surface area contributed by atoms with Crippen molar-refractivity contribution in [3.63, 3.8) is 0 Å². The van der Waals surface area contributed by atoms with Crippen molar-refractivity contribution in [2.75, 3.05) is 11.0 Å². The van der Waals surface area contributed by atoms with Crippen LogP contribution in [0.1, 0.15) is 0 Å². The maximum absolute atomic E-state index is 13.0. The van der Waals surface area contributed by atoms with Crippen LogP contribution in [0.25, 0.3) is 0 Å². The molecule has 0 atom stereocenters. The topological polar surface area (TPSA) is 46.2 Å². The Hall–Kier alpha value is -1.24. The Morgan fingerprint density at radius 2 is 1.80 bits per heavy atom. The van der Waals surface area contributed by atoms with Crippen LogP contribution in [0, 0.1) is 5.82 Å². The quantitative estimate of drug-likeness (QED) is 0.861. The molecular weight excluding hydrogens is 321 g/mol. The molecule has 0 radical (unpaired) electrons. The second-order valence-corrected chi connectivity index (χ2v) is 6.88. The lowest BCUT2D eigenvalue weighted by Gasteiger charge is -2.09. The summed E-state index contributed by atoms with van der Waals surface area (Å²) in [6.07, 6.45) is 1.93. The number of sulfonamides is 1. The molecule has 0 aliphatic carbocycles. The highest BCUT2D eigenvalue weighted by atomic mass is 35.5. The summed E-state index contributed by atoms with van der Waals surface area (Å²) in [5, 5.41) is -0.231. The second kappa shape index (κ2) is 6.03. The number of rotatable bonds is 4. The summed E-state index contributed by atoms with van der Waals surface area (Å²) in [7, 11) is -3.78. The number of nitrogens with one attached hydrogen (secondary N) is 1. The Balaban J connectivity index is 2.27. The molecule has 2 rings (SSSR count). The van der Waals surface area contributed by atoms with Gasteiger partial charge in [-0.25, -0.2) is 12.8 Å². The lowest BCUT2D eigenvalue weighted by atomic mass is 10.3. The Labute approximate surface area is 126 Å². The summed E-state index contributed by atoms with van der Waals surface area (Å²) in [6, 6.07) is 10.2. The minimum Gasteiger partial charge on any atom is -0.280 e. The van der Waals surface area contributed by atoms with Crippen LogP contribution in [0.2, 0.25) is 5.02 Å². The minimum absolute atomic E-state index is 0.0853. The number of hydrogen-bond acceptors (Lipinski definition) is 3. The van der Waals surface area contributed by atoms with Crippen LogP contribution in [0.4, 0.5) is 10.1 Å². The fraction of sp³-hybridized carbons (Fsp3) is 0.0769. The summed E-state index contributed by atoms with van der Waals surface area (Å²) >= 11 is 7.15. The van der Waals surface area contributed by atoms with Gasteiger partial charge < -0.3 is 0 Å². The second-order valence-electron chi connectivity index (χ2n) is 3.91. The first-order valence-electron chi connectivity index (χ1n) is 5.54. The van der Waals surface area contributed by atoms with Crippen LogP contribution in [0.5, 0.6) is 0 Å². The first-order chi connectivity index (χ1) is 9.42. The highest BCUT2D eigenvalue weighted by Crippen LogP contribution is 2.23. The van der Waals surface area contributed by atoms with Gasteiger partial charge in [0.1, 0.15) is 5.82 Å². The monoisotopic (exact) mass is 331 g/mol. The van der Waals surface area contributed by atoms with E-state index in [-0.39, 0.29) is 9.92 Å². The van der Waals surface area contributed by atoms with Crippen molar-refractivity contribution < 1.29 is 12.8 Å². The molecule has 0 fully saturated rings. The predicted octanol–water partition coefficient (Wildman–Crippen LogP) is 4.00. The molecule has 0 bridgehead atoms. The third-order valence-corrected chi connectivity index (χ3v) is 4.96. The van der Waals surface area contributed by atoms with Crippen LogP contribution < -0.4 is 4.72 Å². The zero-order valence-electron chi connectivity index (χ0n) is 10.4. The van der Waals surface area contributed by atoms with E-state index in [0.717, 1.165) is 17.0 Å². The Morgan fingerprint density at radius 3 is 2.35 bits per heavy atom. The highest BCUT2D eigenvalue weighted by Gasteiger charge is 2.15. The van der Waals surface area contributed by atoms with Gasteiger partial charge in [-0.2, -0.15) is 0 Å². The number of anilines is 1. The Bertz CT molecular complexity index is 718. The molecule has 0 unspecified atom stereocenters. The molecule has 7 heteroatoms. The molecule has 0 spiro atoms. The third-order valence-electron chi connectivity index (χ3n) is 2.54.